The van der Waals surface area contributed by atoms with Crippen LogP contribution in [0.3, 0.4) is 0 Å². The van der Waals surface area contributed by atoms with E-state index in [1.165, 1.54) is 7.05 Å². The van der Waals surface area contributed by atoms with Crippen LogP contribution in [0.1, 0.15) is 11.3 Å². The minimum absolute atomic E-state index is 0.600. The third-order valence-corrected chi connectivity index (χ3v) is 2.91. The van der Waals surface area contributed by atoms with Crippen molar-refractivity contribution in [3.05, 3.63) is 46.6 Å². The predicted octanol–water partition coefficient (Wildman–Crippen LogP) is 2.29. The monoisotopic (exact) mass is 246 g/mol. The van der Waals surface area contributed by atoms with Crippen molar-refractivity contribution in [2.75, 3.05) is 14.2 Å². The molecule has 0 saturated carbocycles. The van der Waals surface area contributed by atoms with Gasteiger partial charge in [0.05, 0.1) is 13.7 Å². The fraction of sp³-hybridized carbons (Fsp3) is 0.308. The second-order valence-corrected chi connectivity index (χ2v) is 4.12. The van der Waals surface area contributed by atoms with Gasteiger partial charge >= 0.3 is 0 Å². The maximum absolute atomic E-state index is 11.3. The van der Waals surface area contributed by atoms with E-state index in [0.717, 1.165) is 21.8 Å². The van der Waals surface area contributed by atoms with E-state index in [0.29, 0.717) is 12.2 Å². The zero-order chi connectivity index (χ0) is 13.1. The van der Waals surface area contributed by atoms with E-state index in [9.17, 15) is 4.91 Å². The molecule has 1 aromatic carbocycles. The standard InChI is InChI=1S/C13H16N3O2/c1-10-13(15(2)17)8-14-16(10)9-11-4-6-12(18-3)7-5-11/h4-8H,9H2,1-3H3/q+1. The Bertz CT molecular complexity index is 558. The molecule has 18 heavy (non-hydrogen) atoms. The second-order valence-electron chi connectivity index (χ2n) is 4.12. The third kappa shape index (κ3) is 2.40. The zero-order valence-corrected chi connectivity index (χ0v) is 10.8. The summed E-state index contributed by atoms with van der Waals surface area (Å²) in [6.07, 6.45) is 1.59. The van der Waals surface area contributed by atoms with Crippen LogP contribution in [-0.4, -0.2) is 28.7 Å². The van der Waals surface area contributed by atoms with Crippen LogP contribution in [0, 0.1) is 11.8 Å². The summed E-state index contributed by atoms with van der Waals surface area (Å²) in [5.41, 5.74) is 2.58. The normalized spacial score (nSPS) is 10.4. The molecule has 0 aliphatic heterocycles. The first-order chi connectivity index (χ1) is 8.61. The molecule has 0 N–H and O–H groups in total. The lowest BCUT2D eigenvalue weighted by atomic mass is 10.2. The molecule has 5 nitrogen and oxygen atoms in total. The summed E-state index contributed by atoms with van der Waals surface area (Å²) in [6, 6.07) is 7.80. The number of hydrogen-bond acceptors (Lipinski definition) is 3. The van der Waals surface area contributed by atoms with E-state index < -0.39 is 0 Å². The third-order valence-electron chi connectivity index (χ3n) is 2.91. The highest BCUT2D eigenvalue weighted by Gasteiger charge is 2.16. The van der Waals surface area contributed by atoms with E-state index in [4.69, 9.17) is 4.74 Å². The smallest absolute Gasteiger partial charge is 0.296 e. The van der Waals surface area contributed by atoms with Crippen LogP contribution in [0.4, 0.5) is 5.69 Å². The molecule has 0 aliphatic rings. The summed E-state index contributed by atoms with van der Waals surface area (Å²) in [7, 11) is 3.12. The lowest BCUT2D eigenvalue weighted by Gasteiger charge is -2.05. The molecule has 0 aliphatic carbocycles. The highest BCUT2D eigenvalue weighted by atomic mass is 16.5. The Balaban J connectivity index is 2.20. The van der Waals surface area contributed by atoms with Gasteiger partial charge in [-0.3, -0.25) is 4.68 Å². The summed E-state index contributed by atoms with van der Waals surface area (Å²) < 4.78 is 7.75. The number of ether oxygens (including phenoxy) is 1. The summed E-state index contributed by atoms with van der Waals surface area (Å²) >= 11 is 0. The summed E-state index contributed by atoms with van der Waals surface area (Å²) in [5.74, 6) is 0.830. The number of benzene rings is 1. The highest BCUT2D eigenvalue weighted by molar-refractivity contribution is 5.33. The van der Waals surface area contributed by atoms with Crippen LogP contribution in [0.15, 0.2) is 30.5 Å². The molecule has 0 bridgehead atoms. The van der Waals surface area contributed by atoms with Crippen LogP contribution in [0.2, 0.25) is 0 Å². The number of nitroso groups, excluding NO2 is 1. The molecular weight excluding hydrogens is 230 g/mol. The maximum atomic E-state index is 11.3. The molecule has 0 saturated heterocycles. The van der Waals surface area contributed by atoms with Crippen molar-refractivity contribution >= 4 is 5.69 Å². The van der Waals surface area contributed by atoms with Crippen LogP contribution >= 0.6 is 0 Å². The molecular formula is C13H16N3O2+. The van der Waals surface area contributed by atoms with E-state index in [1.807, 2.05) is 35.9 Å². The molecule has 0 spiro atoms. The Labute approximate surface area is 106 Å². The first kappa shape index (κ1) is 12.3. The molecule has 1 aromatic heterocycles. The molecule has 2 aromatic rings. The first-order valence-electron chi connectivity index (χ1n) is 5.68. The molecule has 0 amide bonds. The van der Waals surface area contributed by atoms with E-state index in [2.05, 4.69) is 5.10 Å². The van der Waals surface area contributed by atoms with Gasteiger partial charge in [0, 0.05) is 9.67 Å². The van der Waals surface area contributed by atoms with Crippen molar-refractivity contribution < 1.29 is 9.50 Å². The minimum Gasteiger partial charge on any atom is -0.497 e. The Kier molecular flexibility index (Phi) is 3.41. The second kappa shape index (κ2) is 5.00. The van der Waals surface area contributed by atoms with Crippen LogP contribution in [0.25, 0.3) is 0 Å². The van der Waals surface area contributed by atoms with Crippen molar-refractivity contribution in [2.45, 2.75) is 13.5 Å². The molecule has 0 unspecified atom stereocenters. The number of aromatic nitrogens is 2. The van der Waals surface area contributed by atoms with Crippen LogP contribution in [0.5, 0.6) is 5.75 Å². The van der Waals surface area contributed by atoms with E-state index in [-0.39, 0.29) is 0 Å². The fourth-order valence-electron chi connectivity index (χ4n) is 1.81. The Morgan fingerprint density at radius 3 is 2.50 bits per heavy atom. The quantitative estimate of drug-likeness (QED) is 0.778. The SMILES string of the molecule is COc1ccc(Cn2ncc([N+](C)=O)c2C)cc1. The molecule has 2 rings (SSSR count). The topological polar surface area (TPSA) is 47.1 Å². The number of rotatable bonds is 4. The largest absolute Gasteiger partial charge is 0.497 e. The number of hydrogen-bond donors (Lipinski definition) is 0. The fourth-order valence-corrected chi connectivity index (χ4v) is 1.81. The van der Waals surface area contributed by atoms with E-state index >= 15 is 0 Å². The van der Waals surface area contributed by atoms with Gasteiger partial charge in [0.25, 0.3) is 5.69 Å². The summed E-state index contributed by atoms with van der Waals surface area (Å²) in [4.78, 5) is 11.3. The Morgan fingerprint density at radius 2 is 2.00 bits per heavy atom. The molecule has 0 atom stereocenters. The minimum atomic E-state index is 0.600. The lowest BCUT2D eigenvalue weighted by molar-refractivity contribution is -0.428. The van der Waals surface area contributed by atoms with E-state index in [1.54, 1.807) is 13.3 Å². The molecule has 0 radical (unpaired) electrons. The molecule has 5 heteroatoms. The van der Waals surface area contributed by atoms with Crippen molar-refractivity contribution in [3.63, 3.8) is 0 Å². The highest BCUT2D eigenvalue weighted by Crippen LogP contribution is 2.18. The first-order valence-corrected chi connectivity index (χ1v) is 5.68. The van der Waals surface area contributed by atoms with Gasteiger partial charge in [0.2, 0.25) is 0 Å². The average molecular weight is 246 g/mol. The van der Waals surface area contributed by atoms with Crippen molar-refractivity contribution in [3.8, 4) is 5.75 Å². The van der Waals surface area contributed by atoms with Gasteiger partial charge in [-0.15, -0.1) is 0 Å². The summed E-state index contributed by atoms with van der Waals surface area (Å²) in [6.45, 7) is 2.53. The van der Waals surface area contributed by atoms with Gasteiger partial charge in [-0.25, -0.2) is 0 Å². The predicted molar refractivity (Wildman–Crippen MR) is 68.3 cm³/mol. The average Bonchev–Trinajstić information content (AvgIpc) is 2.72. The van der Waals surface area contributed by atoms with Crippen molar-refractivity contribution in [1.82, 2.24) is 9.78 Å². The van der Waals surface area contributed by atoms with Gasteiger partial charge in [-0.2, -0.15) is 5.10 Å². The van der Waals surface area contributed by atoms with Crippen molar-refractivity contribution in [2.24, 2.45) is 0 Å². The molecule has 94 valence electrons. The Hall–Kier alpha value is -2.17. The summed E-state index contributed by atoms with van der Waals surface area (Å²) in [5, 5.41) is 4.22. The number of nitrogens with zero attached hydrogens (tertiary/aromatic N) is 3. The molecule has 0 fully saturated rings. The maximum Gasteiger partial charge on any atom is 0.296 e. The zero-order valence-electron chi connectivity index (χ0n) is 10.8. The van der Waals surface area contributed by atoms with Crippen molar-refractivity contribution in [1.29, 1.82) is 0 Å². The van der Waals surface area contributed by atoms with Gasteiger partial charge in [-0.1, -0.05) is 12.1 Å². The van der Waals surface area contributed by atoms with Gasteiger partial charge < -0.3 is 4.74 Å². The van der Waals surface area contributed by atoms with Gasteiger partial charge in [0.15, 0.2) is 7.05 Å². The number of methoxy groups -OCH3 is 1. The lowest BCUT2D eigenvalue weighted by Crippen LogP contribution is -2.04. The Morgan fingerprint density at radius 1 is 1.33 bits per heavy atom. The van der Waals surface area contributed by atoms with Gasteiger partial charge in [0.1, 0.15) is 17.6 Å². The molecule has 1 heterocycles. The van der Waals surface area contributed by atoms with Crippen LogP contribution in [-0.2, 0) is 6.54 Å². The van der Waals surface area contributed by atoms with Gasteiger partial charge in [-0.05, 0) is 24.6 Å². The van der Waals surface area contributed by atoms with Crippen LogP contribution < -0.4 is 4.74 Å².